The topological polar surface area (TPSA) is 105 Å². The van der Waals surface area contributed by atoms with Gasteiger partial charge >= 0.3 is 12.1 Å². The summed E-state index contributed by atoms with van der Waals surface area (Å²) in [6.07, 6.45) is 1.74. The van der Waals surface area contributed by atoms with Crippen LogP contribution < -0.4 is 10.6 Å². The lowest BCUT2D eigenvalue weighted by Crippen LogP contribution is -2.45. The Labute approximate surface area is 193 Å². The average molecular weight is 451 g/mol. The van der Waals surface area contributed by atoms with E-state index < -0.39 is 12.1 Å². The molecular formula is C26H30N2O5. The number of carboxylic acids is 1. The van der Waals surface area contributed by atoms with Crippen molar-refractivity contribution in [2.45, 2.75) is 44.6 Å². The molecule has 4 rings (SSSR count). The van der Waals surface area contributed by atoms with Gasteiger partial charge in [0.2, 0.25) is 5.91 Å². The van der Waals surface area contributed by atoms with E-state index in [1.54, 1.807) is 6.92 Å². The van der Waals surface area contributed by atoms with Gasteiger partial charge in [0, 0.05) is 24.9 Å². The Hall–Kier alpha value is -3.35. The smallest absolute Gasteiger partial charge is 0.407 e. The quantitative estimate of drug-likeness (QED) is 0.565. The summed E-state index contributed by atoms with van der Waals surface area (Å²) in [6, 6.07) is 16.1. The molecule has 1 fully saturated rings. The number of ether oxygens (including phenoxy) is 1. The van der Waals surface area contributed by atoms with Crippen molar-refractivity contribution in [1.29, 1.82) is 0 Å². The molecule has 7 nitrogen and oxygen atoms in total. The van der Waals surface area contributed by atoms with E-state index >= 15 is 0 Å². The van der Waals surface area contributed by atoms with E-state index in [1.807, 2.05) is 24.3 Å². The van der Waals surface area contributed by atoms with E-state index in [0.29, 0.717) is 19.4 Å². The second-order valence-electron chi connectivity index (χ2n) is 9.06. The molecule has 0 aromatic heterocycles. The zero-order chi connectivity index (χ0) is 23.4. The number of carbonyl (C=O) groups excluding carboxylic acids is 2. The Balaban J connectivity index is 1.32. The summed E-state index contributed by atoms with van der Waals surface area (Å²) in [7, 11) is 0. The fraction of sp³-hybridized carbons (Fsp3) is 0.423. The van der Waals surface area contributed by atoms with Crippen LogP contribution in [-0.2, 0) is 14.3 Å². The van der Waals surface area contributed by atoms with Crippen LogP contribution in [0.1, 0.15) is 49.7 Å². The third-order valence-electron chi connectivity index (χ3n) is 6.65. The van der Waals surface area contributed by atoms with E-state index in [9.17, 15) is 14.4 Å². The van der Waals surface area contributed by atoms with Gasteiger partial charge in [-0.1, -0.05) is 61.9 Å². The van der Waals surface area contributed by atoms with Crippen LogP contribution in [-0.4, -0.2) is 42.3 Å². The van der Waals surface area contributed by atoms with E-state index in [2.05, 4.69) is 34.9 Å². The normalized spacial score (nSPS) is 19.9. The molecular weight excluding hydrogens is 420 g/mol. The Morgan fingerprint density at radius 3 is 2.30 bits per heavy atom. The summed E-state index contributed by atoms with van der Waals surface area (Å²) >= 11 is 0. The average Bonchev–Trinajstić information content (AvgIpc) is 3.38. The SMILES string of the molecule is CC(CNC(=O)[C@@H]1CCC[C@@H]1NC(=O)OCC1c2ccccc2-c2ccccc21)CC(=O)O. The van der Waals surface area contributed by atoms with Crippen LogP contribution in [0.15, 0.2) is 48.5 Å². The Bertz CT molecular complexity index is 991. The summed E-state index contributed by atoms with van der Waals surface area (Å²) in [6.45, 7) is 2.32. The monoisotopic (exact) mass is 450 g/mol. The van der Waals surface area contributed by atoms with Gasteiger partial charge in [0.05, 0.1) is 5.92 Å². The standard InChI is InChI=1S/C26H30N2O5/c1-16(13-24(29)30)14-27-25(31)21-11-6-12-23(21)28-26(32)33-15-22-19-9-4-2-7-17(19)18-8-3-5-10-20(18)22/h2-5,7-10,16,21-23H,6,11-15H2,1H3,(H,27,31)(H,28,32)(H,29,30)/t16?,21-,23+/m1/s1. The number of aliphatic carboxylic acids is 1. The summed E-state index contributed by atoms with van der Waals surface area (Å²) < 4.78 is 5.62. The highest BCUT2D eigenvalue weighted by molar-refractivity contribution is 5.81. The third kappa shape index (κ3) is 5.18. The number of hydrogen-bond acceptors (Lipinski definition) is 4. The van der Waals surface area contributed by atoms with Crippen LogP contribution >= 0.6 is 0 Å². The molecule has 0 aliphatic heterocycles. The molecule has 3 atom stereocenters. The molecule has 33 heavy (non-hydrogen) atoms. The number of nitrogens with one attached hydrogen (secondary N) is 2. The minimum Gasteiger partial charge on any atom is -0.481 e. The molecule has 2 aliphatic rings. The summed E-state index contributed by atoms with van der Waals surface area (Å²) in [5.41, 5.74) is 4.65. The van der Waals surface area contributed by atoms with Gasteiger partial charge in [-0.3, -0.25) is 9.59 Å². The number of fused-ring (bicyclic) bond motifs is 3. The highest BCUT2D eigenvalue weighted by Gasteiger charge is 2.35. The first kappa shape index (κ1) is 22.8. The van der Waals surface area contributed by atoms with E-state index in [0.717, 1.165) is 17.5 Å². The molecule has 0 radical (unpaired) electrons. The third-order valence-corrected chi connectivity index (χ3v) is 6.65. The van der Waals surface area contributed by atoms with Crippen LogP contribution in [0.2, 0.25) is 0 Å². The number of carbonyl (C=O) groups is 3. The fourth-order valence-electron chi connectivity index (χ4n) is 5.01. The maximum absolute atomic E-state index is 12.6. The minimum atomic E-state index is -0.882. The van der Waals surface area contributed by atoms with Crippen LogP contribution in [0.25, 0.3) is 11.1 Å². The van der Waals surface area contributed by atoms with Crippen molar-refractivity contribution in [2.75, 3.05) is 13.2 Å². The molecule has 2 amide bonds. The van der Waals surface area contributed by atoms with Gasteiger partial charge in [0.25, 0.3) is 0 Å². The van der Waals surface area contributed by atoms with Gasteiger partial charge in [-0.05, 0) is 41.0 Å². The Morgan fingerprint density at radius 1 is 1.03 bits per heavy atom. The molecule has 0 spiro atoms. The highest BCUT2D eigenvalue weighted by Crippen LogP contribution is 2.44. The first-order valence-electron chi connectivity index (χ1n) is 11.5. The molecule has 0 saturated heterocycles. The van der Waals surface area contributed by atoms with Gasteiger partial charge in [0.1, 0.15) is 6.61 Å². The lowest BCUT2D eigenvalue weighted by atomic mass is 9.98. The maximum Gasteiger partial charge on any atom is 0.407 e. The molecule has 174 valence electrons. The van der Waals surface area contributed by atoms with Crippen LogP contribution in [0.4, 0.5) is 4.79 Å². The second-order valence-corrected chi connectivity index (χ2v) is 9.06. The summed E-state index contributed by atoms with van der Waals surface area (Å²) in [4.78, 5) is 36.0. The van der Waals surface area contributed by atoms with Crippen LogP contribution in [0, 0.1) is 11.8 Å². The molecule has 7 heteroatoms. The van der Waals surface area contributed by atoms with Gasteiger partial charge in [0.15, 0.2) is 0 Å². The molecule has 1 saturated carbocycles. The van der Waals surface area contributed by atoms with Gasteiger partial charge < -0.3 is 20.5 Å². The van der Waals surface area contributed by atoms with E-state index in [1.165, 1.54) is 11.1 Å². The number of amides is 2. The van der Waals surface area contributed by atoms with Crippen LogP contribution in [0.3, 0.4) is 0 Å². The van der Waals surface area contributed by atoms with Gasteiger partial charge in [-0.25, -0.2) is 4.79 Å². The first-order valence-corrected chi connectivity index (χ1v) is 11.5. The fourth-order valence-corrected chi connectivity index (χ4v) is 5.01. The van der Waals surface area contributed by atoms with Gasteiger partial charge in [-0.15, -0.1) is 0 Å². The predicted octanol–water partition coefficient (Wildman–Crippen LogP) is 3.92. The van der Waals surface area contributed by atoms with E-state index in [4.69, 9.17) is 9.84 Å². The second kappa shape index (κ2) is 10.1. The predicted molar refractivity (Wildman–Crippen MR) is 124 cm³/mol. The van der Waals surface area contributed by atoms with Crippen molar-refractivity contribution >= 4 is 18.0 Å². The molecule has 2 aliphatic carbocycles. The summed E-state index contributed by atoms with van der Waals surface area (Å²) in [5, 5.41) is 14.6. The molecule has 0 bridgehead atoms. The summed E-state index contributed by atoms with van der Waals surface area (Å²) in [5.74, 6) is -1.52. The molecule has 2 aromatic rings. The van der Waals surface area contributed by atoms with Crippen molar-refractivity contribution in [1.82, 2.24) is 10.6 Å². The Morgan fingerprint density at radius 2 is 1.67 bits per heavy atom. The number of rotatable bonds is 8. The lowest BCUT2D eigenvalue weighted by Gasteiger charge is -2.22. The van der Waals surface area contributed by atoms with Crippen molar-refractivity contribution < 1.29 is 24.2 Å². The number of alkyl carbamates (subject to hydrolysis) is 1. The Kier molecular flexibility index (Phi) is 6.96. The molecule has 0 heterocycles. The van der Waals surface area contributed by atoms with Crippen LogP contribution in [0.5, 0.6) is 0 Å². The maximum atomic E-state index is 12.6. The highest BCUT2D eigenvalue weighted by atomic mass is 16.5. The number of carboxylic acid groups (broad SMARTS) is 1. The number of benzene rings is 2. The van der Waals surface area contributed by atoms with Crippen molar-refractivity contribution in [3.05, 3.63) is 59.7 Å². The van der Waals surface area contributed by atoms with E-state index in [-0.39, 0.29) is 42.7 Å². The molecule has 3 N–H and O–H groups in total. The largest absolute Gasteiger partial charge is 0.481 e. The zero-order valence-electron chi connectivity index (χ0n) is 18.8. The van der Waals surface area contributed by atoms with Crippen molar-refractivity contribution in [2.24, 2.45) is 11.8 Å². The molecule has 1 unspecified atom stereocenters. The van der Waals surface area contributed by atoms with Crippen molar-refractivity contribution in [3.63, 3.8) is 0 Å². The minimum absolute atomic E-state index is 0.00632. The lowest BCUT2D eigenvalue weighted by molar-refractivity contribution is -0.138. The zero-order valence-corrected chi connectivity index (χ0v) is 18.8. The first-order chi connectivity index (χ1) is 15.9. The number of hydrogen-bond donors (Lipinski definition) is 3. The van der Waals surface area contributed by atoms with Gasteiger partial charge in [-0.2, -0.15) is 0 Å². The van der Waals surface area contributed by atoms with Crippen molar-refractivity contribution in [3.8, 4) is 11.1 Å². The molecule has 2 aromatic carbocycles.